The molecule has 0 N–H and O–H groups in total. The number of piperidine rings is 1. The SMILES string of the molecule is O=C1CCC(N2CCC3(CCOCC3)CC2)CCN1CC1CC1. The fourth-order valence-corrected chi connectivity index (χ4v) is 4.86. The lowest BCUT2D eigenvalue weighted by Gasteiger charge is -2.46. The number of likely N-dealkylation sites (tertiary alicyclic amines) is 2. The second-order valence-corrected chi connectivity index (χ2v) is 8.41. The van der Waals surface area contributed by atoms with Crippen molar-refractivity contribution < 1.29 is 9.53 Å². The van der Waals surface area contributed by atoms with E-state index in [9.17, 15) is 4.79 Å². The van der Waals surface area contributed by atoms with Gasteiger partial charge in [0.2, 0.25) is 5.91 Å². The fraction of sp³-hybridized carbons (Fsp3) is 0.947. The molecule has 130 valence electrons. The van der Waals surface area contributed by atoms with Crippen molar-refractivity contribution in [2.75, 3.05) is 39.4 Å². The largest absolute Gasteiger partial charge is 0.381 e. The van der Waals surface area contributed by atoms with Gasteiger partial charge in [0.05, 0.1) is 0 Å². The second-order valence-electron chi connectivity index (χ2n) is 8.41. The lowest BCUT2D eigenvalue weighted by atomic mass is 9.72. The van der Waals surface area contributed by atoms with E-state index in [1.807, 2.05) is 0 Å². The molecule has 1 saturated carbocycles. The molecule has 1 unspecified atom stereocenters. The minimum Gasteiger partial charge on any atom is -0.381 e. The molecular formula is C19H32N2O2. The van der Waals surface area contributed by atoms with E-state index in [0.29, 0.717) is 17.4 Å². The van der Waals surface area contributed by atoms with E-state index in [0.717, 1.165) is 45.1 Å². The molecular weight excluding hydrogens is 288 g/mol. The topological polar surface area (TPSA) is 32.8 Å². The lowest BCUT2D eigenvalue weighted by Crippen LogP contribution is -2.47. The lowest BCUT2D eigenvalue weighted by molar-refractivity contribution is -0.130. The first-order valence-electron chi connectivity index (χ1n) is 9.84. The highest BCUT2D eigenvalue weighted by Gasteiger charge is 2.38. The van der Waals surface area contributed by atoms with E-state index >= 15 is 0 Å². The predicted molar refractivity (Wildman–Crippen MR) is 90.2 cm³/mol. The van der Waals surface area contributed by atoms with Crippen LogP contribution in [0.1, 0.15) is 57.8 Å². The quantitative estimate of drug-likeness (QED) is 0.801. The summed E-state index contributed by atoms with van der Waals surface area (Å²) in [6.45, 7) is 6.44. The zero-order chi connectivity index (χ0) is 15.7. The van der Waals surface area contributed by atoms with Crippen LogP contribution in [0, 0.1) is 11.3 Å². The summed E-state index contributed by atoms with van der Waals surface area (Å²) in [6, 6.07) is 0.639. The first kappa shape index (κ1) is 15.9. The van der Waals surface area contributed by atoms with E-state index in [1.54, 1.807) is 0 Å². The monoisotopic (exact) mass is 320 g/mol. The minimum atomic E-state index is 0.414. The highest BCUT2D eigenvalue weighted by atomic mass is 16.5. The van der Waals surface area contributed by atoms with Crippen molar-refractivity contribution in [1.29, 1.82) is 0 Å². The average Bonchev–Trinajstić information content (AvgIpc) is 3.40. The Morgan fingerprint density at radius 3 is 2.39 bits per heavy atom. The molecule has 4 rings (SSSR count). The third-order valence-corrected chi connectivity index (χ3v) is 6.88. The fourth-order valence-electron chi connectivity index (χ4n) is 4.86. The Hall–Kier alpha value is -0.610. The van der Waals surface area contributed by atoms with Crippen LogP contribution in [-0.2, 0) is 9.53 Å². The van der Waals surface area contributed by atoms with E-state index in [1.165, 1.54) is 58.0 Å². The molecule has 3 saturated heterocycles. The molecule has 1 atom stereocenters. The van der Waals surface area contributed by atoms with Gasteiger partial charge in [-0.1, -0.05) is 0 Å². The van der Waals surface area contributed by atoms with Crippen LogP contribution in [-0.4, -0.2) is 61.1 Å². The highest BCUT2D eigenvalue weighted by Crippen LogP contribution is 2.41. The summed E-state index contributed by atoms with van der Waals surface area (Å²) in [6.07, 6.45) is 10.9. The number of amides is 1. The number of hydrogen-bond donors (Lipinski definition) is 0. The smallest absolute Gasteiger partial charge is 0.222 e. The van der Waals surface area contributed by atoms with Gasteiger partial charge in [-0.05, 0) is 75.8 Å². The summed E-state index contributed by atoms with van der Waals surface area (Å²) in [5.41, 5.74) is 0.577. The Bertz CT molecular complexity index is 419. The summed E-state index contributed by atoms with van der Waals surface area (Å²) in [7, 11) is 0. The Labute approximate surface area is 140 Å². The number of carbonyl (C=O) groups excluding carboxylic acids is 1. The highest BCUT2D eigenvalue weighted by molar-refractivity contribution is 5.76. The molecule has 0 aromatic rings. The van der Waals surface area contributed by atoms with Crippen molar-refractivity contribution in [1.82, 2.24) is 9.80 Å². The maximum Gasteiger partial charge on any atom is 0.222 e. The van der Waals surface area contributed by atoms with Crippen LogP contribution < -0.4 is 0 Å². The van der Waals surface area contributed by atoms with Crippen LogP contribution >= 0.6 is 0 Å². The summed E-state index contributed by atoms with van der Waals surface area (Å²) < 4.78 is 5.56. The molecule has 3 aliphatic heterocycles. The molecule has 1 aliphatic carbocycles. The second kappa shape index (κ2) is 6.72. The molecule has 4 aliphatic rings. The van der Waals surface area contributed by atoms with E-state index in [4.69, 9.17) is 4.74 Å². The number of nitrogens with zero attached hydrogens (tertiary/aromatic N) is 2. The molecule has 0 bridgehead atoms. The van der Waals surface area contributed by atoms with Gasteiger partial charge in [0, 0.05) is 38.8 Å². The van der Waals surface area contributed by atoms with Crippen LogP contribution in [0.5, 0.6) is 0 Å². The van der Waals surface area contributed by atoms with Gasteiger partial charge in [-0.2, -0.15) is 0 Å². The van der Waals surface area contributed by atoms with Gasteiger partial charge in [-0.3, -0.25) is 4.79 Å². The zero-order valence-electron chi connectivity index (χ0n) is 14.5. The standard InChI is InChI=1S/C19H32N2O2/c22-18-4-3-17(5-10-21(18)15-16-1-2-16)20-11-6-19(7-12-20)8-13-23-14-9-19/h16-17H,1-15H2. The number of carbonyl (C=O) groups is 1. The van der Waals surface area contributed by atoms with Gasteiger partial charge in [-0.15, -0.1) is 0 Å². The molecule has 4 fully saturated rings. The first-order valence-corrected chi connectivity index (χ1v) is 9.84. The van der Waals surface area contributed by atoms with Crippen LogP contribution in [0.25, 0.3) is 0 Å². The van der Waals surface area contributed by atoms with Crippen LogP contribution in [0.4, 0.5) is 0 Å². The normalized spacial score (nSPS) is 33.0. The van der Waals surface area contributed by atoms with E-state index in [-0.39, 0.29) is 0 Å². The van der Waals surface area contributed by atoms with Crippen molar-refractivity contribution in [3.63, 3.8) is 0 Å². The summed E-state index contributed by atoms with van der Waals surface area (Å²) in [5, 5.41) is 0. The Morgan fingerprint density at radius 1 is 0.957 bits per heavy atom. The van der Waals surface area contributed by atoms with Gasteiger partial charge in [0.25, 0.3) is 0 Å². The molecule has 4 heteroatoms. The average molecular weight is 320 g/mol. The third kappa shape index (κ3) is 3.74. The number of ether oxygens (including phenoxy) is 1. The van der Waals surface area contributed by atoms with Gasteiger partial charge >= 0.3 is 0 Å². The maximum atomic E-state index is 12.3. The number of hydrogen-bond acceptors (Lipinski definition) is 3. The van der Waals surface area contributed by atoms with Crippen molar-refractivity contribution in [3.05, 3.63) is 0 Å². The summed E-state index contributed by atoms with van der Waals surface area (Å²) >= 11 is 0. The first-order chi connectivity index (χ1) is 11.2. The van der Waals surface area contributed by atoms with Crippen molar-refractivity contribution in [2.24, 2.45) is 11.3 Å². The molecule has 1 spiro atoms. The molecule has 0 radical (unpaired) electrons. The van der Waals surface area contributed by atoms with Gasteiger partial charge in [0.1, 0.15) is 0 Å². The summed E-state index contributed by atoms with van der Waals surface area (Å²) in [5.74, 6) is 1.23. The zero-order valence-corrected chi connectivity index (χ0v) is 14.5. The van der Waals surface area contributed by atoms with Crippen LogP contribution in [0.2, 0.25) is 0 Å². The molecule has 0 aromatic carbocycles. The maximum absolute atomic E-state index is 12.3. The molecule has 4 nitrogen and oxygen atoms in total. The molecule has 3 heterocycles. The summed E-state index contributed by atoms with van der Waals surface area (Å²) in [4.78, 5) is 17.2. The Morgan fingerprint density at radius 2 is 1.70 bits per heavy atom. The molecule has 23 heavy (non-hydrogen) atoms. The minimum absolute atomic E-state index is 0.414. The predicted octanol–water partition coefficient (Wildman–Crippen LogP) is 2.67. The number of rotatable bonds is 3. The van der Waals surface area contributed by atoms with Crippen LogP contribution in [0.15, 0.2) is 0 Å². The Balaban J connectivity index is 1.29. The third-order valence-electron chi connectivity index (χ3n) is 6.88. The van der Waals surface area contributed by atoms with E-state index in [2.05, 4.69) is 9.80 Å². The van der Waals surface area contributed by atoms with Crippen LogP contribution in [0.3, 0.4) is 0 Å². The molecule has 0 aromatic heterocycles. The Kier molecular flexibility index (Phi) is 4.64. The van der Waals surface area contributed by atoms with E-state index < -0.39 is 0 Å². The molecule has 1 amide bonds. The van der Waals surface area contributed by atoms with Crippen molar-refractivity contribution >= 4 is 5.91 Å². The van der Waals surface area contributed by atoms with Gasteiger partial charge in [-0.25, -0.2) is 0 Å². The van der Waals surface area contributed by atoms with Crippen molar-refractivity contribution in [2.45, 2.75) is 63.8 Å². The van der Waals surface area contributed by atoms with Gasteiger partial charge in [0.15, 0.2) is 0 Å². The van der Waals surface area contributed by atoms with Gasteiger partial charge < -0.3 is 14.5 Å². The van der Waals surface area contributed by atoms with Crippen molar-refractivity contribution in [3.8, 4) is 0 Å².